The number of halogens is 2. The minimum absolute atomic E-state index is 0.0130. The zero-order chi connectivity index (χ0) is 18.7. The maximum absolute atomic E-state index is 12.6. The van der Waals surface area contributed by atoms with Gasteiger partial charge in [0.15, 0.2) is 16.4 Å². The number of rotatable bonds is 5. The molecule has 26 heavy (non-hydrogen) atoms. The molecule has 9 heteroatoms. The number of nitrogens with one attached hydrogen (secondary N) is 1. The van der Waals surface area contributed by atoms with Gasteiger partial charge in [0.2, 0.25) is 5.88 Å². The maximum atomic E-state index is 12.6. The van der Waals surface area contributed by atoms with Crippen LogP contribution in [0.1, 0.15) is 28.4 Å². The second-order valence-corrected chi connectivity index (χ2v) is 7.81. The van der Waals surface area contributed by atoms with Crippen molar-refractivity contribution in [1.82, 2.24) is 10.3 Å². The van der Waals surface area contributed by atoms with Crippen LogP contribution in [-0.2, 0) is 9.84 Å². The van der Waals surface area contributed by atoms with Gasteiger partial charge in [0.1, 0.15) is 5.56 Å². The van der Waals surface area contributed by atoms with Gasteiger partial charge in [-0.2, -0.15) is 0 Å². The summed E-state index contributed by atoms with van der Waals surface area (Å²) in [7, 11) is -3.37. The van der Waals surface area contributed by atoms with E-state index in [4.69, 9.17) is 4.74 Å². The fourth-order valence-electron chi connectivity index (χ4n) is 2.80. The van der Waals surface area contributed by atoms with Crippen molar-refractivity contribution in [3.8, 4) is 5.88 Å². The lowest BCUT2D eigenvalue weighted by molar-refractivity contribution is 0.0770. The molecule has 1 N–H and O–H groups in total. The van der Waals surface area contributed by atoms with Crippen LogP contribution in [0.4, 0.5) is 8.78 Å². The predicted octanol–water partition coefficient (Wildman–Crippen LogP) is 2.37. The smallest absolute Gasteiger partial charge is 0.272 e. The molecule has 0 saturated carbocycles. The van der Waals surface area contributed by atoms with Gasteiger partial charge in [0.05, 0.1) is 16.7 Å². The molecule has 0 spiro atoms. The van der Waals surface area contributed by atoms with Gasteiger partial charge >= 0.3 is 0 Å². The van der Waals surface area contributed by atoms with Crippen molar-refractivity contribution in [2.45, 2.75) is 23.8 Å². The Kier molecular flexibility index (Phi) is 5.17. The van der Waals surface area contributed by atoms with Gasteiger partial charge in [0, 0.05) is 6.20 Å². The number of pyridine rings is 1. The Balaban J connectivity index is 1.83. The van der Waals surface area contributed by atoms with Gasteiger partial charge in [-0.3, -0.25) is 4.79 Å². The van der Waals surface area contributed by atoms with Gasteiger partial charge < -0.3 is 10.1 Å². The van der Waals surface area contributed by atoms with E-state index < -0.39 is 34.8 Å². The van der Waals surface area contributed by atoms with Gasteiger partial charge in [-0.25, -0.2) is 22.2 Å². The number of alkyl halides is 2. The summed E-state index contributed by atoms with van der Waals surface area (Å²) >= 11 is 0. The second-order valence-electron chi connectivity index (χ2n) is 5.73. The van der Waals surface area contributed by atoms with Crippen LogP contribution in [0.15, 0.2) is 47.5 Å². The van der Waals surface area contributed by atoms with Crippen molar-refractivity contribution in [3.63, 3.8) is 0 Å². The highest BCUT2D eigenvalue weighted by Gasteiger charge is 2.31. The van der Waals surface area contributed by atoms with E-state index in [-0.39, 0.29) is 28.5 Å². The molecule has 0 aliphatic carbocycles. The number of benzene rings is 1. The van der Waals surface area contributed by atoms with Crippen molar-refractivity contribution in [2.24, 2.45) is 0 Å². The second kappa shape index (κ2) is 7.36. The van der Waals surface area contributed by atoms with Crippen LogP contribution in [0.2, 0.25) is 0 Å². The molecule has 1 aromatic carbocycles. The Morgan fingerprint density at radius 1 is 1.27 bits per heavy atom. The Morgan fingerprint density at radius 3 is 2.81 bits per heavy atom. The summed E-state index contributed by atoms with van der Waals surface area (Å²) in [6.07, 6.45) is -1.14. The fraction of sp³-hybridized carbons (Fsp3) is 0.294. The molecule has 1 aliphatic rings. The highest BCUT2D eigenvalue weighted by atomic mass is 32.2. The zero-order valence-electron chi connectivity index (χ0n) is 13.6. The van der Waals surface area contributed by atoms with E-state index in [0.717, 1.165) is 0 Å². The molecule has 6 nitrogen and oxygen atoms in total. The molecule has 1 amide bonds. The van der Waals surface area contributed by atoms with Gasteiger partial charge in [0.25, 0.3) is 12.3 Å². The minimum atomic E-state index is -3.37. The lowest BCUT2D eigenvalue weighted by Gasteiger charge is -2.26. The van der Waals surface area contributed by atoms with Crippen molar-refractivity contribution >= 4 is 15.7 Å². The molecule has 1 aromatic heterocycles. The molecule has 2 heterocycles. The Labute approximate surface area is 149 Å². The molecule has 1 atom stereocenters. The summed E-state index contributed by atoms with van der Waals surface area (Å²) in [5, 5.41) is 2.75. The number of aromatic nitrogens is 1. The van der Waals surface area contributed by atoms with Crippen LogP contribution >= 0.6 is 0 Å². The molecular formula is C17H16F2N2O4S. The lowest BCUT2D eigenvalue weighted by atomic mass is 10.0. The van der Waals surface area contributed by atoms with Gasteiger partial charge in [-0.1, -0.05) is 18.2 Å². The van der Waals surface area contributed by atoms with Crippen LogP contribution in [0.3, 0.4) is 0 Å². The number of nitrogens with zero attached hydrogens (tertiary/aromatic N) is 1. The van der Waals surface area contributed by atoms with Crippen LogP contribution in [0, 0.1) is 0 Å². The van der Waals surface area contributed by atoms with Crippen molar-refractivity contribution < 1.29 is 26.7 Å². The highest BCUT2D eigenvalue weighted by Crippen LogP contribution is 2.32. The third kappa shape index (κ3) is 3.82. The average molecular weight is 382 g/mol. The highest BCUT2D eigenvalue weighted by molar-refractivity contribution is 7.91. The number of carbonyl (C=O) groups excluding carboxylic acids is 1. The van der Waals surface area contributed by atoms with Gasteiger partial charge in [-0.15, -0.1) is 0 Å². The molecule has 0 bridgehead atoms. The normalized spacial score (nSPS) is 18.2. The average Bonchev–Trinajstić information content (AvgIpc) is 2.63. The molecule has 3 rings (SSSR count). The number of sulfone groups is 1. The van der Waals surface area contributed by atoms with E-state index in [9.17, 15) is 22.0 Å². The summed E-state index contributed by atoms with van der Waals surface area (Å²) < 4.78 is 53.9. The number of hydrogen-bond acceptors (Lipinski definition) is 5. The Bertz CT molecular complexity index is 918. The number of amides is 1. The van der Waals surface area contributed by atoms with Crippen molar-refractivity contribution in [1.29, 1.82) is 0 Å². The van der Waals surface area contributed by atoms with E-state index in [1.807, 2.05) is 0 Å². The molecule has 0 saturated heterocycles. The predicted molar refractivity (Wildman–Crippen MR) is 89.1 cm³/mol. The first-order valence-electron chi connectivity index (χ1n) is 7.87. The van der Waals surface area contributed by atoms with Gasteiger partial charge in [-0.05, 0) is 30.2 Å². The summed E-state index contributed by atoms with van der Waals surface area (Å²) in [5.74, 6) is -0.847. The fourth-order valence-corrected chi connectivity index (χ4v) is 4.42. The number of carbonyl (C=O) groups is 1. The Hall–Kier alpha value is -2.55. The van der Waals surface area contributed by atoms with E-state index in [2.05, 4.69) is 10.3 Å². The molecule has 0 fully saturated rings. The topological polar surface area (TPSA) is 85.4 Å². The molecule has 138 valence electrons. The zero-order valence-corrected chi connectivity index (χ0v) is 14.4. The minimum Gasteiger partial charge on any atom is -0.471 e. The third-order valence-corrected chi connectivity index (χ3v) is 5.79. The molecule has 2 aromatic rings. The van der Waals surface area contributed by atoms with Crippen LogP contribution in [0.25, 0.3) is 0 Å². The lowest BCUT2D eigenvalue weighted by Crippen LogP contribution is -2.34. The van der Waals surface area contributed by atoms with Crippen molar-refractivity contribution in [3.05, 3.63) is 53.7 Å². The standard InChI is InChI=1S/C17H16F2N2O4S/c18-15(19)10-25-17-12(5-3-8-20-17)16(22)21-13-7-9-26(23,24)14-6-2-1-4-11(13)14/h1-6,8,13,15H,7,9-10H2,(H,21,22). The Morgan fingerprint density at radius 2 is 2.04 bits per heavy atom. The molecule has 1 aliphatic heterocycles. The summed E-state index contributed by atoms with van der Waals surface area (Å²) in [6.45, 7) is -0.873. The first-order chi connectivity index (χ1) is 12.4. The quantitative estimate of drug-likeness (QED) is 0.858. The van der Waals surface area contributed by atoms with E-state index >= 15 is 0 Å². The number of fused-ring (bicyclic) bond motifs is 1. The summed E-state index contributed by atoms with van der Waals surface area (Å²) in [6, 6.07) is 8.86. The SMILES string of the molecule is O=C(NC1CCS(=O)(=O)c2ccccc21)c1cccnc1OCC(F)F. The van der Waals surface area contributed by atoms with E-state index in [0.29, 0.717) is 5.56 Å². The number of hydrogen-bond donors (Lipinski definition) is 1. The summed E-state index contributed by atoms with van der Waals surface area (Å²) in [4.78, 5) is 16.6. The first kappa shape index (κ1) is 18.2. The third-order valence-electron chi connectivity index (χ3n) is 3.97. The van der Waals surface area contributed by atoms with Crippen LogP contribution in [-0.4, -0.2) is 38.1 Å². The molecule has 0 radical (unpaired) electrons. The van der Waals surface area contributed by atoms with E-state index in [1.54, 1.807) is 18.2 Å². The van der Waals surface area contributed by atoms with Crippen LogP contribution < -0.4 is 10.1 Å². The maximum Gasteiger partial charge on any atom is 0.272 e. The summed E-state index contributed by atoms with van der Waals surface area (Å²) in [5.41, 5.74) is 0.519. The van der Waals surface area contributed by atoms with E-state index in [1.165, 1.54) is 24.4 Å². The number of ether oxygens (including phenoxy) is 1. The monoisotopic (exact) mass is 382 g/mol. The van der Waals surface area contributed by atoms with Crippen LogP contribution in [0.5, 0.6) is 5.88 Å². The first-order valence-corrected chi connectivity index (χ1v) is 9.52. The molecule has 1 unspecified atom stereocenters. The van der Waals surface area contributed by atoms with Crippen molar-refractivity contribution in [2.75, 3.05) is 12.4 Å². The largest absolute Gasteiger partial charge is 0.471 e. The molecular weight excluding hydrogens is 366 g/mol.